The number of rotatable bonds is 5. The summed E-state index contributed by atoms with van der Waals surface area (Å²) >= 11 is 3.24. The number of benzene rings is 1. The van der Waals surface area contributed by atoms with Crippen molar-refractivity contribution in [3.63, 3.8) is 0 Å². The van der Waals surface area contributed by atoms with Crippen molar-refractivity contribution in [2.45, 2.75) is 0 Å². The minimum Gasteiger partial charge on any atom is -0.504 e. The highest BCUT2D eigenvalue weighted by Crippen LogP contribution is 2.32. The molecule has 0 atom stereocenters. The number of carboxylic acids is 1. The lowest BCUT2D eigenvalue weighted by Gasteiger charge is -2.08. The molecule has 0 fully saturated rings. The van der Waals surface area contributed by atoms with Crippen LogP contribution in [0.25, 0.3) is 12.2 Å². The topological polar surface area (TPSA) is 66.8 Å². The van der Waals surface area contributed by atoms with Crippen LogP contribution in [0.1, 0.15) is 11.1 Å². The Labute approximate surface area is 113 Å². The molecule has 1 aromatic carbocycles. The summed E-state index contributed by atoms with van der Waals surface area (Å²) in [6.07, 6.45) is 6.02. The van der Waals surface area contributed by atoms with E-state index in [9.17, 15) is 9.90 Å². The Morgan fingerprint density at radius 1 is 1.44 bits per heavy atom. The van der Waals surface area contributed by atoms with Crippen LogP contribution in [0.2, 0.25) is 0 Å². The maximum Gasteiger partial charge on any atom is 0.328 e. The zero-order valence-electron chi connectivity index (χ0n) is 9.76. The fourth-order valence-electron chi connectivity index (χ4n) is 1.37. The van der Waals surface area contributed by atoms with Gasteiger partial charge in [-0.2, -0.15) is 0 Å². The van der Waals surface area contributed by atoms with Gasteiger partial charge in [0, 0.05) is 17.0 Å². The summed E-state index contributed by atoms with van der Waals surface area (Å²) < 4.78 is 5.04. The quantitative estimate of drug-likeness (QED) is 0.648. The van der Waals surface area contributed by atoms with Gasteiger partial charge in [0.15, 0.2) is 11.5 Å². The Morgan fingerprint density at radius 2 is 2.17 bits per heavy atom. The third kappa shape index (κ3) is 3.92. The van der Waals surface area contributed by atoms with Gasteiger partial charge in [0.25, 0.3) is 0 Å². The van der Waals surface area contributed by atoms with E-state index in [1.54, 1.807) is 18.2 Å². The third-order valence-corrected chi connectivity index (χ3v) is 2.53. The lowest BCUT2D eigenvalue weighted by Crippen LogP contribution is -1.89. The van der Waals surface area contributed by atoms with Gasteiger partial charge in [-0.3, -0.25) is 0 Å². The molecule has 0 unspecified atom stereocenters. The Bertz CT molecular complexity index is 492. The molecule has 18 heavy (non-hydrogen) atoms. The molecule has 0 aromatic heterocycles. The normalized spacial score (nSPS) is 11.2. The molecule has 4 nitrogen and oxygen atoms in total. The van der Waals surface area contributed by atoms with Crippen LogP contribution in [0.15, 0.2) is 24.3 Å². The number of methoxy groups -OCH3 is 1. The van der Waals surface area contributed by atoms with Crippen LogP contribution in [0.4, 0.5) is 0 Å². The molecular formula is C13H13BrO4. The van der Waals surface area contributed by atoms with Crippen molar-refractivity contribution in [1.29, 1.82) is 0 Å². The molecule has 2 N–H and O–H groups in total. The number of alkyl halides is 1. The largest absolute Gasteiger partial charge is 0.504 e. The van der Waals surface area contributed by atoms with Crippen molar-refractivity contribution in [2.75, 3.05) is 12.4 Å². The Balaban J connectivity index is 3.21. The maximum absolute atomic E-state index is 10.5. The summed E-state index contributed by atoms with van der Waals surface area (Å²) in [5, 5.41) is 19.1. The Morgan fingerprint density at radius 3 is 2.72 bits per heavy atom. The van der Waals surface area contributed by atoms with E-state index >= 15 is 0 Å². The minimum atomic E-state index is -1.03. The summed E-state index contributed by atoms with van der Waals surface area (Å²) in [6, 6.07) is 3.25. The highest BCUT2D eigenvalue weighted by atomic mass is 79.9. The number of allylic oxidation sites excluding steroid dienone is 1. The van der Waals surface area contributed by atoms with Crippen molar-refractivity contribution in [3.05, 3.63) is 35.4 Å². The molecule has 0 bridgehead atoms. The number of phenols is 1. The van der Waals surface area contributed by atoms with Crippen LogP contribution in [0, 0.1) is 0 Å². The van der Waals surface area contributed by atoms with Crippen LogP contribution in [0.5, 0.6) is 11.5 Å². The first-order valence-corrected chi connectivity index (χ1v) is 6.25. The highest BCUT2D eigenvalue weighted by Gasteiger charge is 2.07. The molecule has 0 aliphatic carbocycles. The van der Waals surface area contributed by atoms with Gasteiger partial charge in [0.1, 0.15) is 0 Å². The minimum absolute atomic E-state index is 0.0298. The predicted molar refractivity (Wildman–Crippen MR) is 74.2 cm³/mol. The molecule has 0 amide bonds. The van der Waals surface area contributed by atoms with Crippen LogP contribution < -0.4 is 4.74 Å². The number of hydrogen-bond acceptors (Lipinski definition) is 3. The Hall–Kier alpha value is -1.75. The van der Waals surface area contributed by atoms with Crippen molar-refractivity contribution < 1.29 is 19.7 Å². The molecule has 1 rings (SSSR count). The van der Waals surface area contributed by atoms with E-state index in [0.29, 0.717) is 22.2 Å². The van der Waals surface area contributed by atoms with Crippen LogP contribution in [-0.4, -0.2) is 28.6 Å². The first kappa shape index (κ1) is 14.3. The van der Waals surface area contributed by atoms with Gasteiger partial charge in [0.05, 0.1) is 7.11 Å². The van der Waals surface area contributed by atoms with Gasteiger partial charge in [-0.15, -0.1) is 0 Å². The number of aromatic hydroxyl groups is 1. The summed E-state index contributed by atoms with van der Waals surface area (Å²) in [5.41, 5.74) is 1.21. The van der Waals surface area contributed by atoms with E-state index in [0.717, 1.165) is 6.08 Å². The monoisotopic (exact) mass is 312 g/mol. The predicted octanol–water partition coefficient (Wildman–Crippen LogP) is 2.91. The second-order valence-electron chi connectivity index (χ2n) is 3.39. The maximum atomic E-state index is 10.5. The zero-order valence-corrected chi connectivity index (χ0v) is 11.3. The van der Waals surface area contributed by atoms with Crippen LogP contribution in [-0.2, 0) is 4.79 Å². The summed E-state index contributed by atoms with van der Waals surface area (Å²) in [7, 11) is 1.44. The van der Waals surface area contributed by atoms with E-state index in [1.165, 1.54) is 13.2 Å². The molecular weight excluding hydrogens is 300 g/mol. The van der Waals surface area contributed by atoms with Gasteiger partial charge >= 0.3 is 5.97 Å². The standard InChI is InChI=1S/C13H13BrO4/c1-18-11-8-9(4-5-12(15)16)7-10(13(11)17)3-2-6-14/h2-5,7-8,17H,6H2,1H3,(H,15,16). The number of ether oxygens (including phenoxy) is 1. The first-order chi connectivity index (χ1) is 8.58. The van der Waals surface area contributed by atoms with E-state index in [4.69, 9.17) is 9.84 Å². The average molecular weight is 313 g/mol. The van der Waals surface area contributed by atoms with Crippen molar-refractivity contribution in [1.82, 2.24) is 0 Å². The van der Waals surface area contributed by atoms with Crippen molar-refractivity contribution in [3.8, 4) is 11.5 Å². The van der Waals surface area contributed by atoms with Crippen LogP contribution in [0.3, 0.4) is 0 Å². The SMILES string of the molecule is COc1cc(C=CC(=O)O)cc(C=CCBr)c1O. The number of phenolic OH excluding ortho intramolecular Hbond substituents is 1. The fraction of sp³-hybridized carbons (Fsp3) is 0.154. The van der Waals surface area contributed by atoms with Gasteiger partial charge in [-0.25, -0.2) is 4.79 Å². The summed E-state index contributed by atoms with van der Waals surface area (Å²) in [5.74, 6) is -0.696. The molecule has 0 radical (unpaired) electrons. The third-order valence-electron chi connectivity index (χ3n) is 2.15. The molecule has 0 saturated carbocycles. The van der Waals surface area contributed by atoms with E-state index in [2.05, 4.69) is 15.9 Å². The smallest absolute Gasteiger partial charge is 0.328 e. The fourth-order valence-corrected chi connectivity index (χ4v) is 1.56. The van der Waals surface area contributed by atoms with Crippen molar-refractivity contribution in [2.24, 2.45) is 0 Å². The van der Waals surface area contributed by atoms with Gasteiger partial charge in [-0.1, -0.05) is 28.1 Å². The Kier molecular flexibility index (Phi) is 5.45. The van der Waals surface area contributed by atoms with Gasteiger partial charge in [0.2, 0.25) is 0 Å². The molecule has 0 heterocycles. The summed E-state index contributed by atoms with van der Waals surface area (Å²) in [6.45, 7) is 0. The first-order valence-electron chi connectivity index (χ1n) is 5.13. The lowest BCUT2D eigenvalue weighted by atomic mass is 10.1. The van der Waals surface area contributed by atoms with E-state index in [-0.39, 0.29) is 5.75 Å². The molecule has 0 aliphatic heterocycles. The lowest BCUT2D eigenvalue weighted by molar-refractivity contribution is -0.131. The van der Waals surface area contributed by atoms with E-state index < -0.39 is 5.97 Å². The molecule has 0 aliphatic rings. The number of carboxylic acid groups (broad SMARTS) is 1. The molecule has 5 heteroatoms. The molecule has 0 spiro atoms. The number of halogens is 1. The summed E-state index contributed by atoms with van der Waals surface area (Å²) in [4.78, 5) is 10.5. The number of carbonyl (C=O) groups is 1. The van der Waals surface area contributed by atoms with Gasteiger partial charge in [-0.05, 0) is 23.8 Å². The second-order valence-corrected chi connectivity index (χ2v) is 4.04. The molecule has 0 saturated heterocycles. The van der Waals surface area contributed by atoms with Crippen molar-refractivity contribution >= 4 is 34.1 Å². The average Bonchev–Trinajstić information content (AvgIpc) is 2.35. The number of hydrogen-bond donors (Lipinski definition) is 2. The van der Waals surface area contributed by atoms with Gasteiger partial charge < -0.3 is 14.9 Å². The number of aliphatic carboxylic acids is 1. The zero-order chi connectivity index (χ0) is 13.5. The van der Waals surface area contributed by atoms with Crippen LogP contribution >= 0.6 is 15.9 Å². The molecule has 96 valence electrons. The highest BCUT2D eigenvalue weighted by molar-refractivity contribution is 9.09. The molecule has 1 aromatic rings. The van der Waals surface area contributed by atoms with E-state index in [1.807, 2.05) is 6.08 Å². The second kappa shape index (κ2) is 6.86.